The average molecular weight is 1940 g/mol. The van der Waals surface area contributed by atoms with E-state index in [-0.39, 0.29) is 21.2 Å². The van der Waals surface area contributed by atoms with Gasteiger partial charge in [-0.05, 0) is 265 Å². The molecule has 0 radical (unpaired) electrons. The van der Waals surface area contributed by atoms with Crippen molar-refractivity contribution in [3.05, 3.63) is 384 Å². The molecule has 0 saturated heterocycles. The van der Waals surface area contributed by atoms with Gasteiger partial charge in [0.2, 0.25) is 0 Å². The first kappa shape index (κ1) is 103. The lowest BCUT2D eigenvalue weighted by molar-refractivity contribution is -0.384. The fourth-order valence-electron chi connectivity index (χ4n) is 15.9. The number of benzene rings is 18. The van der Waals surface area contributed by atoms with Gasteiger partial charge >= 0.3 is 31.8 Å². The van der Waals surface area contributed by atoms with Crippen molar-refractivity contribution in [3.8, 4) is 5.75 Å². The van der Waals surface area contributed by atoms with Crippen LogP contribution in [0.4, 0.5) is 62.6 Å². The summed E-state index contributed by atoms with van der Waals surface area (Å²) in [4.78, 5) is 10.5. The molecule has 0 amide bonds. The molecule has 18 rings (SSSR count). The highest BCUT2D eigenvalue weighted by molar-refractivity contribution is 7.86. The van der Waals surface area contributed by atoms with Crippen molar-refractivity contribution in [1.82, 2.24) is 0 Å². The van der Waals surface area contributed by atoms with Crippen molar-refractivity contribution < 1.29 is 60.5 Å². The molecule has 26 nitrogen and oxygen atoms in total. The van der Waals surface area contributed by atoms with Crippen LogP contribution in [0.3, 0.4) is 0 Å². The summed E-state index contributed by atoms with van der Waals surface area (Å²) in [6.07, 6.45) is 0. The van der Waals surface area contributed by atoms with Crippen molar-refractivity contribution in [2.45, 2.75) is 102 Å². The first-order valence-electron chi connectivity index (χ1n) is 42.7. The molecule has 0 bridgehead atoms. The minimum Gasteiger partial charge on any atom is -0.495 e. The summed E-state index contributed by atoms with van der Waals surface area (Å²) in [5.74, 6) is 0.432. The summed E-state index contributed by atoms with van der Waals surface area (Å²) in [5.41, 5.74) is 22.9. The van der Waals surface area contributed by atoms with Crippen LogP contribution in [0.25, 0.3) is 86.2 Å². The van der Waals surface area contributed by atoms with Crippen molar-refractivity contribution in [2.75, 3.05) is 7.11 Å². The molecule has 0 atom stereocenters. The smallest absolute Gasteiger partial charge is 0.425 e. The van der Waals surface area contributed by atoms with E-state index in [4.69, 9.17) is 54.2 Å². The maximum Gasteiger partial charge on any atom is 0.425 e. The largest absolute Gasteiger partial charge is 0.495 e. The van der Waals surface area contributed by atoms with Crippen LogP contribution in [0.1, 0.15) is 77.9 Å². The Kier molecular flexibility index (Phi) is 35.0. The zero-order chi connectivity index (χ0) is 99.9. The third-order valence-corrected chi connectivity index (χ3v) is 23.9. The van der Waals surface area contributed by atoms with E-state index in [0.717, 1.165) is 139 Å². The molecule has 31 heteroatoms. The second kappa shape index (κ2) is 47.0. The number of azo groups is 5. The van der Waals surface area contributed by atoms with Gasteiger partial charge in [0.05, 0.1) is 68.2 Å². The lowest BCUT2D eigenvalue weighted by Gasteiger charge is -2.10. The highest BCUT2D eigenvalue weighted by Crippen LogP contribution is 2.44. The Labute approximate surface area is 807 Å². The Morgan fingerprint density at radius 2 is 0.594 bits per heavy atom. The van der Waals surface area contributed by atoms with Crippen LogP contribution < -0.4 is 4.74 Å². The van der Waals surface area contributed by atoms with E-state index >= 15 is 0 Å². The van der Waals surface area contributed by atoms with Gasteiger partial charge in [-0.15, -0.1) is 68.6 Å². The van der Waals surface area contributed by atoms with Crippen LogP contribution >= 0.6 is 11.6 Å². The van der Waals surface area contributed by atoms with Gasteiger partial charge in [-0.1, -0.05) is 254 Å². The summed E-state index contributed by atoms with van der Waals surface area (Å²) in [6.45, 7) is 28.4. The van der Waals surface area contributed by atoms with E-state index in [9.17, 15) is 23.1 Å². The Balaban J connectivity index is 0.000000161. The molecule has 0 saturated carbocycles. The quantitative estimate of drug-likeness (QED) is 0.0485. The zero-order valence-electron chi connectivity index (χ0n) is 77.8. The SMILES string of the molecule is COc1cc(N=Nc2c(S(=O)(=O)O)cc3ccccc3c2C)c(C)cc1Cl.Cc1cc(C)c2ccccc2c1N=Nc1ccc2ccccc2c1C.Cc1ccc(N=Nc2ccc3ccccc3c2C)c(C)c1.Cc1ccc2ccccc2c1N=Nc1c(C)cc(C)c2cc([N+](=O)[O-])ccc12.Cc1ccc2ccccc2c1N=Nc1c(C)cc(C)c2ccccc12.O=S(=O)=O.O=S(=O)=O.O=S(=O)=O. The summed E-state index contributed by atoms with van der Waals surface area (Å²) >= 11 is 6.08. The fourth-order valence-corrected chi connectivity index (χ4v) is 16.9. The summed E-state index contributed by atoms with van der Waals surface area (Å²) in [7, 11) is -12.3. The first-order valence-corrected chi connectivity index (χ1v) is 47.5. The highest BCUT2D eigenvalue weighted by Gasteiger charge is 2.22. The van der Waals surface area contributed by atoms with Crippen molar-refractivity contribution >= 4 is 202 Å². The number of fused-ring (bicyclic) bond motifs is 8. The van der Waals surface area contributed by atoms with E-state index in [1.165, 1.54) is 79.2 Å². The topological polar surface area (TPSA) is 384 Å². The Hall–Kier alpha value is -15.7. The summed E-state index contributed by atoms with van der Waals surface area (Å²) in [6, 6.07) is 96.0. The molecular weight excluding hydrogens is 1840 g/mol. The van der Waals surface area contributed by atoms with Crippen LogP contribution in [0.2, 0.25) is 5.02 Å². The number of methoxy groups -OCH3 is 1. The maximum atomic E-state index is 11.9. The number of nitro groups is 1. The normalized spacial score (nSPS) is 11.2. The van der Waals surface area contributed by atoms with Gasteiger partial charge in [0.25, 0.3) is 15.8 Å². The molecule has 18 aromatic carbocycles. The second-order valence-corrected chi connectivity index (χ2v) is 35.2. The molecule has 18 aromatic rings. The maximum absolute atomic E-state index is 11.9. The Bertz CT molecular complexity index is 8380. The van der Waals surface area contributed by atoms with Gasteiger partial charge in [-0.3, -0.25) is 14.7 Å². The molecule has 1 N–H and O–H groups in total. The minimum atomic E-state index is -4.48. The van der Waals surface area contributed by atoms with Crippen molar-refractivity contribution in [3.63, 3.8) is 0 Å². The standard InChI is InChI=1S/C23H19N3O2.2C23H20N2.C19H17ClN2O4S.C19H18N2.3O3S/c1-14-8-9-17-6-4-5-7-19(17)22(14)24-25-23-16(3)12-15(2)21-13-18(26(27)28)10-11-20(21)23;1-15-14-16(2)23(21-11-7-6-9-19(15)21)25-24-22-13-12-18-8-4-5-10-20(18)17(22)3;1-15-12-13-18-8-4-5-10-20(18)22(15)24-25-23-17(3)14-16(2)19-9-6-7-11-21(19)23;1-11-8-15(20)17(26-3)10-16(11)21-22-19-12(2)14-7-5-4-6-13(14)9-18(19)27(23,24)25;1-13-8-10-18(14(2)12-13)20-21-19-11-9-16-6-4-5-7-17(16)15(19)3;3*1-4(2)3/h4-13H,1-3H3;2*4-14H,1-3H3;4-10H,1-3H3,(H,23,24,25);4-12H,1-3H3;;;. The van der Waals surface area contributed by atoms with Crippen LogP contribution in [-0.2, 0) is 41.9 Å². The fraction of sp³-hybridized carbons (Fsp3) is 0.140. The molecule has 0 fully saturated rings. The number of aryl methyl sites for hydroxylation is 14. The number of rotatable bonds is 13. The third kappa shape index (κ3) is 26.1. The molecule has 0 spiro atoms. The molecule has 0 heterocycles. The van der Waals surface area contributed by atoms with Gasteiger partial charge in [0.1, 0.15) is 16.3 Å². The second-order valence-electron chi connectivity index (χ2n) is 32.1. The predicted molar refractivity (Wildman–Crippen MR) is 549 cm³/mol. The number of halogens is 1. The molecule has 698 valence electrons. The summed E-state index contributed by atoms with van der Waals surface area (Å²) in [5, 5.41) is 73.9. The van der Waals surface area contributed by atoms with Gasteiger partial charge in [0, 0.05) is 45.1 Å². The lowest BCUT2D eigenvalue weighted by atomic mass is 9.99. The molecule has 0 aliphatic rings. The number of nitro benzene ring substituents is 1. The van der Waals surface area contributed by atoms with Crippen LogP contribution in [0.15, 0.2) is 347 Å². The van der Waals surface area contributed by atoms with Gasteiger partial charge in [-0.25, -0.2) is 0 Å². The first-order chi connectivity index (χ1) is 65.8. The van der Waals surface area contributed by atoms with E-state index in [1.807, 2.05) is 87.5 Å². The zero-order valence-corrected chi connectivity index (χ0v) is 81.8. The number of hydrogen-bond acceptors (Lipinski definition) is 24. The predicted octanol–water partition coefficient (Wildman–Crippen LogP) is 30.9. The van der Waals surface area contributed by atoms with Gasteiger partial charge in [0.15, 0.2) is 0 Å². The van der Waals surface area contributed by atoms with Gasteiger partial charge < -0.3 is 4.74 Å². The Morgan fingerprint density at radius 3 is 1.01 bits per heavy atom. The van der Waals surface area contributed by atoms with Crippen LogP contribution in [-0.4, -0.2) is 62.9 Å². The van der Waals surface area contributed by atoms with Crippen LogP contribution in [0, 0.1) is 107 Å². The molecular formula is C107H94ClN11O15S4. The van der Waals surface area contributed by atoms with E-state index < -0.39 is 41.9 Å². The Morgan fingerprint density at radius 1 is 0.283 bits per heavy atom. The molecule has 0 aliphatic carbocycles. The molecule has 138 heavy (non-hydrogen) atoms. The lowest BCUT2D eigenvalue weighted by Crippen LogP contribution is -2.00. The van der Waals surface area contributed by atoms with Gasteiger partial charge in [-0.2, -0.15) is 28.9 Å². The number of nitrogens with zero attached hydrogens (tertiary/aromatic N) is 11. The molecule has 0 aliphatic heterocycles. The third-order valence-electron chi connectivity index (χ3n) is 22.7. The average Bonchev–Trinajstić information content (AvgIpc) is 0.769. The molecule has 0 unspecified atom stereocenters. The highest BCUT2D eigenvalue weighted by atomic mass is 35.5. The van der Waals surface area contributed by atoms with E-state index in [2.05, 4.69) is 289 Å². The molecule has 0 aromatic heterocycles. The minimum absolute atomic E-state index is 0.0761. The van der Waals surface area contributed by atoms with Crippen molar-refractivity contribution in [2.24, 2.45) is 51.1 Å². The summed E-state index contributed by atoms with van der Waals surface area (Å²) < 4.78 is 115. The van der Waals surface area contributed by atoms with E-state index in [0.29, 0.717) is 27.4 Å². The van der Waals surface area contributed by atoms with Crippen molar-refractivity contribution in [1.29, 1.82) is 0 Å². The number of ether oxygens (including phenoxy) is 1. The van der Waals surface area contributed by atoms with Crippen LogP contribution in [0.5, 0.6) is 5.75 Å². The monoisotopic (exact) mass is 1940 g/mol. The van der Waals surface area contributed by atoms with E-state index in [1.54, 1.807) is 50.2 Å². The number of non-ortho nitro benzene ring substituents is 1. The number of hydrogen-bond donors (Lipinski definition) is 1.